The van der Waals surface area contributed by atoms with Gasteiger partial charge in [0.2, 0.25) is 5.60 Å². The van der Waals surface area contributed by atoms with Gasteiger partial charge in [0.15, 0.2) is 0 Å². The van der Waals surface area contributed by atoms with E-state index in [1.807, 2.05) is 34.9 Å². The zero-order valence-electron chi connectivity index (χ0n) is 12.9. The van der Waals surface area contributed by atoms with Crippen LogP contribution in [0.15, 0.2) is 36.7 Å². The van der Waals surface area contributed by atoms with Crippen molar-refractivity contribution in [2.24, 2.45) is 0 Å². The first-order chi connectivity index (χ1) is 11.2. The molecule has 0 bridgehead atoms. The van der Waals surface area contributed by atoms with Crippen LogP contribution in [0.2, 0.25) is 0 Å². The highest BCUT2D eigenvalue weighted by molar-refractivity contribution is 5.85. The number of hydrogen-bond donors (Lipinski definition) is 1. The van der Waals surface area contributed by atoms with E-state index in [-0.39, 0.29) is 13.1 Å². The number of nitrogens with zero attached hydrogens (tertiary/aromatic N) is 3. The van der Waals surface area contributed by atoms with Gasteiger partial charge >= 0.3 is 6.18 Å². The number of carbonyl (C=O) groups is 1. The third kappa shape index (κ3) is 2.66. The van der Waals surface area contributed by atoms with Crippen LogP contribution in [-0.4, -0.2) is 43.8 Å². The first kappa shape index (κ1) is 16.5. The van der Waals surface area contributed by atoms with Crippen LogP contribution in [0.3, 0.4) is 0 Å². The highest BCUT2D eigenvalue weighted by Gasteiger charge is 2.57. The molecule has 1 aromatic carbocycles. The van der Waals surface area contributed by atoms with Crippen molar-refractivity contribution in [3.63, 3.8) is 0 Å². The summed E-state index contributed by atoms with van der Waals surface area (Å²) in [5, 5.41) is 9.56. The number of aromatic nitrogens is 2. The zero-order chi connectivity index (χ0) is 17.5. The van der Waals surface area contributed by atoms with E-state index >= 15 is 0 Å². The molecule has 0 saturated carbocycles. The van der Waals surface area contributed by atoms with Crippen molar-refractivity contribution in [3.05, 3.63) is 48.0 Å². The average Bonchev–Trinajstić information content (AvgIpc) is 2.97. The lowest BCUT2D eigenvalue weighted by Crippen LogP contribution is -2.56. The van der Waals surface area contributed by atoms with Gasteiger partial charge in [-0.2, -0.15) is 13.2 Å². The number of benzene rings is 1. The molecule has 0 saturated heterocycles. The largest absolute Gasteiger partial charge is 0.426 e. The van der Waals surface area contributed by atoms with Crippen LogP contribution in [0.1, 0.15) is 18.3 Å². The molecule has 2 aromatic rings. The van der Waals surface area contributed by atoms with E-state index < -0.39 is 17.7 Å². The molecule has 1 aliphatic heterocycles. The SMILES string of the molecule is CC(O)(C(=O)N1CCc2c(ncn2-c2ccccc2)C1)C(F)(F)F. The van der Waals surface area contributed by atoms with E-state index in [1.54, 1.807) is 6.33 Å². The molecule has 0 spiro atoms. The van der Waals surface area contributed by atoms with Crippen molar-refractivity contribution in [1.29, 1.82) is 0 Å². The van der Waals surface area contributed by atoms with Crippen LogP contribution < -0.4 is 0 Å². The van der Waals surface area contributed by atoms with Crippen molar-refractivity contribution in [1.82, 2.24) is 14.5 Å². The summed E-state index contributed by atoms with van der Waals surface area (Å²) in [4.78, 5) is 17.3. The summed E-state index contributed by atoms with van der Waals surface area (Å²) in [6.45, 7) is 0.518. The van der Waals surface area contributed by atoms with Gasteiger partial charge in [0, 0.05) is 24.3 Å². The van der Waals surface area contributed by atoms with Gasteiger partial charge in [-0.1, -0.05) is 18.2 Å². The predicted molar refractivity (Wildman–Crippen MR) is 79.4 cm³/mol. The number of fused-ring (bicyclic) bond motifs is 1. The monoisotopic (exact) mass is 339 g/mol. The van der Waals surface area contributed by atoms with Crippen molar-refractivity contribution in [3.8, 4) is 5.69 Å². The van der Waals surface area contributed by atoms with Gasteiger partial charge in [0.25, 0.3) is 5.91 Å². The fourth-order valence-electron chi connectivity index (χ4n) is 2.72. The molecule has 1 N–H and O–H groups in total. The summed E-state index contributed by atoms with van der Waals surface area (Å²) >= 11 is 0. The number of alkyl halides is 3. The van der Waals surface area contributed by atoms with Crippen LogP contribution in [0.4, 0.5) is 13.2 Å². The molecule has 0 radical (unpaired) electrons. The minimum Gasteiger partial charge on any atom is -0.373 e. The Morgan fingerprint density at radius 1 is 1.25 bits per heavy atom. The molecule has 1 amide bonds. The quantitative estimate of drug-likeness (QED) is 0.911. The second kappa shape index (κ2) is 5.62. The number of rotatable bonds is 2. The second-order valence-corrected chi connectivity index (χ2v) is 5.89. The van der Waals surface area contributed by atoms with E-state index in [0.29, 0.717) is 19.0 Å². The fourth-order valence-corrected chi connectivity index (χ4v) is 2.72. The smallest absolute Gasteiger partial charge is 0.373 e. The van der Waals surface area contributed by atoms with E-state index in [2.05, 4.69) is 4.98 Å². The van der Waals surface area contributed by atoms with E-state index in [9.17, 15) is 23.1 Å². The number of imidazole rings is 1. The second-order valence-electron chi connectivity index (χ2n) is 5.89. The van der Waals surface area contributed by atoms with Gasteiger partial charge in [0.1, 0.15) is 0 Å². The van der Waals surface area contributed by atoms with Gasteiger partial charge in [-0.25, -0.2) is 4.98 Å². The van der Waals surface area contributed by atoms with Gasteiger partial charge in [-0.15, -0.1) is 0 Å². The van der Waals surface area contributed by atoms with Crippen LogP contribution in [0.25, 0.3) is 5.69 Å². The molecule has 128 valence electrons. The normalized spacial score (nSPS) is 17.3. The maximum atomic E-state index is 12.8. The molecule has 5 nitrogen and oxygen atoms in total. The van der Waals surface area contributed by atoms with E-state index in [4.69, 9.17) is 0 Å². The molecule has 1 aliphatic rings. The topological polar surface area (TPSA) is 58.4 Å². The van der Waals surface area contributed by atoms with E-state index in [0.717, 1.165) is 16.3 Å². The number of hydrogen-bond acceptors (Lipinski definition) is 3. The molecule has 1 aromatic heterocycles. The number of aliphatic hydroxyl groups is 1. The molecule has 2 heterocycles. The minimum atomic E-state index is -5.02. The maximum Gasteiger partial charge on any atom is 0.426 e. The number of halogens is 3. The highest BCUT2D eigenvalue weighted by atomic mass is 19.4. The van der Waals surface area contributed by atoms with Crippen LogP contribution in [0, 0.1) is 0 Å². The summed E-state index contributed by atoms with van der Waals surface area (Å²) in [7, 11) is 0. The lowest BCUT2D eigenvalue weighted by molar-refractivity contribution is -0.250. The van der Waals surface area contributed by atoms with Gasteiger partial charge in [0.05, 0.1) is 18.6 Å². The lowest BCUT2D eigenvalue weighted by atomic mass is 10.0. The molecule has 8 heteroatoms. The van der Waals surface area contributed by atoms with E-state index in [1.165, 1.54) is 0 Å². The molecule has 24 heavy (non-hydrogen) atoms. The van der Waals surface area contributed by atoms with Crippen LogP contribution >= 0.6 is 0 Å². The Bertz CT molecular complexity index is 754. The molecule has 0 fully saturated rings. The van der Waals surface area contributed by atoms with Gasteiger partial charge in [-0.3, -0.25) is 4.79 Å². The third-order valence-corrected chi connectivity index (χ3v) is 4.20. The van der Waals surface area contributed by atoms with Crippen molar-refractivity contribution in [2.45, 2.75) is 31.7 Å². The summed E-state index contributed by atoms with van der Waals surface area (Å²) in [5.41, 5.74) is -1.10. The molecular formula is C16H16F3N3O2. The zero-order valence-corrected chi connectivity index (χ0v) is 12.9. The Morgan fingerprint density at radius 3 is 2.54 bits per heavy atom. The molecule has 1 atom stereocenters. The maximum absolute atomic E-state index is 12.8. The predicted octanol–water partition coefficient (Wildman–Crippen LogP) is 2.07. The van der Waals surface area contributed by atoms with Crippen LogP contribution in [0.5, 0.6) is 0 Å². The summed E-state index contributed by atoms with van der Waals surface area (Å²) in [6.07, 6.45) is -3.06. The molecule has 0 aliphatic carbocycles. The first-order valence-electron chi connectivity index (χ1n) is 7.41. The van der Waals surface area contributed by atoms with Crippen molar-refractivity contribution >= 4 is 5.91 Å². The Morgan fingerprint density at radius 2 is 1.92 bits per heavy atom. The third-order valence-electron chi connectivity index (χ3n) is 4.20. The molecular weight excluding hydrogens is 323 g/mol. The first-order valence-corrected chi connectivity index (χ1v) is 7.41. The Balaban J connectivity index is 1.84. The molecule has 1 unspecified atom stereocenters. The Labute approximate surface area is 136 Å². The fraction of sp³-hybridized carbons (Fsp3) is 0.375. The number of carbonyl (C=O) groups excluding carboxylic acids is 1. The Hall–Kier alpha value is -2.35. The summed E-state index contributed by atoms with van der Waals surface area (Å²) < 4.78 is 40.4. The summed E-state index contributed by atoms with van der Waals surface area (Å²) in [6, 6.07) is 9.43. The molecule has 3 rings (SSSR count). The van der Waals surface area contributed by atoms with Gasteiger partial charge in [-0.05, 0) is 19.1 Å². The standard InChI is InChI=1S/C16H16F3N3O2/c1-15(24,16(17,18)19)14(23)21-8-7-13-12(9-21)20-10-22(13)11-5-3-2-4-6-11/h2-6,10,24H,7-9H2,1H3. The Kier molecular flexibility index (Phi) is 3.87. The lowest BCUT2D eigenvalue weighted by Gasteiger charge is -2.34. The van der Waals surface area contributed by atoms with Crippen molar-refractivity contribution < 1.29 is 23.1 Å². The van der Waals surface area contributed by atoms with Crippen molar-refractivity contribution in [2.75, 3.05) is 6.54 Å². The highest BCUT2D eigenvalue weighted by Crippen LogP contribution is 2.33. The number of amides is 1. The number of para-hydroxylation sites is 1. The minimum absolute atomic E-state index is 0.0553. The van der Waals surface area contributed by atoms with Crippen LogP contribution in [-0.2, 0) is 17.8 Å². The van der Waals surface area contributed by atoms with Gasteiger partial charge < -0.3 is 14.6 Å². The average molecular weight is 339 g/mol. The summed E-state index contributed by atoms with van der Waals surface area (Å²) in [5.74, 6) is -1.35.